The topological polar surface area (TPSA) is 52.6 Å². The first kappa shape index (κ1) is 15.3. The molecule has 17 heavy (non-hydrogen) atoms. The Bertz CT molecular complexity index is 310. The zero-order valence-corrected chi connectivity index (χ0v) is 8.22. The van der Waals surface area contributed by atoms with Crippen LogP contribution in [0.2, 0.25) is 0 Å². The number of halogens is 5. The van der Waals surface area contributed by atoms with Crippen molar-refractivity contribution in [3.63, 3.8) is 0 Å². The van der Waals surface area contributed by atoms with Crippen molar-refractivity contribution in [2.24, 2.45) is 0 Å². The second-order valence-electron chi connectivity index (χ2n) is 2.58. The minimum atomic E-state index is -6.03. The number of ether oxygens (including phenoxy) is 2. The van der Waals surface area contributed by atoms with Crippen molar-refractivity contribution < 1.29 is 41.0 Å². The molecule has 0 heterocycles. The molecule has 0 atom stereocenters. The first-order valence-electron chi connectivity index (χ1n) is 4.04. The first-order valence-corrected chi connectivity index (χ1v) is 4.04. The molecule has 0 amide bonds. The molecule has 0 fully saturated rings. The number of hydrogen-bond donors (Lipinski definition) is 0. The Morgan fingerprint density at radius 2 is 1.53 bits per heavy atom. The highest BCUT2D eigenvalue weighted by molar-refractivity contribution is 5.81. The van der Waals surface area contributed by atoms with Crippen LogP contribution in [0, 0.1) is 0 Å². The van der Waals surface area contributed by atoms with Crippen LogP contribution in [0.4, 0.5) is 22.0 Å². The lowest BCUT2D eigenvalue weighted by Gasteiger charge is -2.17. The fraction of sp³-hybridized carbons (Fsp3) is 0.500. The summed E-state index contributed by atoms with van der Waals surface area (Å²) in [4.78, 5) is 20.8. The Labute approximate surface area is 92.0 Å². The quantitative estimate of drug-likeness (QED) is 0.326. The van der Waals surface area contributed by atoms with Crippen LogP contribution >= 0.6 is 0 Å². The van der Waals surface area contributed by atoms with Gasteiger partial charge in [-0.2, -0.15) is 22.0 Å². The predicted molar refractivity (Wildman–Crippen MR) is 43.1 cm³/mol. The van der Waals surface area contributed by atoms with Gasteiger partial charge in [-0.3, -0.25) is 0 Å². The number of alkyl halides is 5. The minimum Gasteiger partial charge on any atom is -0.459 e. The second kappa shape index (κ2) is 5.60. The Morgan fingerprint density at radius 3 is 1.94 bits per heavy atom. The predicted octanol–water partition coefficient (Wildman–Crippen LogP) is 1.46. The second-order valence-corrected chi connectivity index (χ2v) is 2.58. The van der Waals surface area contributed by atoms with Crippen molar-refractivity contribution in [3.05, 3.63) is 12.7 Å². The van der Waals surface area contributed by atoms with Gasteiger partial charge < -0.3 is 9.47 Å². The molecule has 0 aromatic carbocycles. The molecule has 9 heteroatoms. The van der Waals surface area contributed by atoms with Crippen LogP contribution in [0.3, 0.4) is 0 Å². The molecule has 0 unspecified atom stereocenters. The fourth-order valence-electron chi connectivity index (χ4n) is 0.542. The molecule has 0 N–H and O–H groups in total. The minimum absolute atomic E-state index is 0.648. The number of carbonyl (C=O) groups excluding carboxylic acids is 2. The number of carbonyl (C=O) groups is 2. The fourth-order valence-corrected chi connectivity index (χ4v) is 0.542. The van der Waals surface area contributed by atoms with Gasteiger partial charge in [0, 0.05) is 6.08 Å². The summed E-state index contributed by atoms with van der Waals surface area (Å²) in [6, 6.07) is 0. The largest absolute Gasteiger partial charge is 0.465 e. The van der Waals surface area contributed by atoms with Crippen LogP contribution in [0.15, 0.2) is 12.7 Å². The van der Waals surface area contributed by atoms with E-state index in [9.17, 15) is 31.5 Å². The lowest BCUT2D eigenvalue weighted by Crippen LogP contribution is -2.45. The Kier molecular flexibility index (Phi) is 5.05. The van der Waals surface area contributed by atoms with E-state index in [1.54, 1.807) is 0 Å². The van der Waals surface area contributed by atoms with Crippen LogP contribution in [-0.4, -0.2) is 37.3 Å². The molecule has 0 aliphatic heterocycles. The van der Waals surface area contributed by atoms with Gasteiger partial charge in [0.15, 0.2) is 0 Å². The zero-order chi connectivity index (χ0) is 13.7. The summed E-state index contributed by atoms with van der Waals surface area (Å²) in [5.74, 6) is -9.27. The van der Waals surface area contributed by atoms with Gasteiger partial charge in [0.1, 0.15) is 13.2 Å². The van der Waals surface area contributed by atoms with Crippen molar-refractivity contribution in [1.82, 2.24) is 0 Å². The van der Waals surface area contributed by atoms with E-state index in [1.165, 1.54) is 0 Å². The summed E-state index contributed by atoms with van der Waals surface area (Å²) in [5.41, 5.74) is 0. The summed E-state index contributed by atoms with van der Waals surface area (Å²) in [7, 11) is 0. The van der Waals surface area contributed by atoms with E-state index in [0.717, 1.165) is 6.08 Å². The maximum absolute atomic E-state index is 12.3. The molecule has 0 spiro atoms. The molecule has 0 aliphatic rings. The normalized spacial score (nSPS) is 11.8. The van der Waals surface area contributed by atoms with Gasteiger partial charge in [-0.1, -0.05) is 6.58 Å². The highest BCUT2D eigenvalue weighted by Gasteiger charge is 2.64. The standard InChI is InChI=1S/C8H7F5O4/c1-2-5(14)16-3-4-17-6(15)7(9,10)8(11,12)13/h2H,1,3-4H2. The van der Waals surface area contributed by atoms with Crippen LogP contribution in [0.25, 0.3) is 0 Å². The average molecular weight is 262 g/mol. The number of rotatable bonds is 5. The monoisotopic (exact) mass is 262 g/mol. The van der Waals surface area contributed by atoms with E-state index in [2.05, 4.69) is 16.1 Å². The highest BCUT2D eigenvalue weighted by atomic mass is 19.4. The third kappa shape index (κ3) is 4.37. The van der Waals surface area contributed by atoms with Crippen molar-refractivity contribution in [1.29, 1.82) is 0 Å². The van der Waals surface area contributed by atoms with Crippen molar-refractivity contribution in [3.8, 4) is 0 Å². The van der Waals surface area contributed by atoms with Crippen LogP contribution in [0.1, 0.15) is 0 Å². The van der Waals surface area contributed by atoms with E-state index >= 15 is 0 Å². The van der Waals surface area contributed by atoms with E-state index in [4.69, 9.17) is 0 Å². The molecular formula is C8H7F5O4. The molecule has 0 saturated heterocycles. The van der Waals surface area contributed by atoms with E-state index in [0.29, 0.717) is 0 Å². The van der Waals surface area contributed by atoms with Crippen molar-refractivity contribution in [2.45, 2.75) is 12.1 Å². The Hall–Kier alpha value is -1.67. The molecule has 0 aromatic rings. The van der Waals surface area contributed by atoms with Gasteiger partial charge in [0.2, 0.25) is 0 Å². The summed E-state index contributed by atoms with van der Waals surface area (Å²) in [5, 5.41) is 0. The van der Waals surface area contributed by atoms with Gasteiger partial charge in [-0.15, -0.1) is 0 Å². The van der Waals surface area contributed by atoms with Crippen molar-refractivity contribution >= 4 is 11.9 Å². The third-order valence-electron chi connectivity index (χ3n) is 1.34. The molecule has 0 saturated carbocycles. The van der Waals surface area contributed by atoms with E-state index in [-0.39, 0.29) is 0 Å². The smallest absolute Gasteiger partial charge is 0.459 e. The molecule has 98 valence electrons. The zero-order valence-electron chi connectivity index (χ0n) is 8.22. The van der Waals surface area contributed by atoms with Gasteiger partial charge >= 0.3 is 24.0 Å². The summed E-state index contributed by atoms with van der Waals surface area (Å²) in [6.45, 7) is 1.43. The maximum Gasteiger partial charge on any atom is 0.465 e. The van der Waals surface area contributed by atoms with Gasteiger partial charge in [-0.25, -0.2) is 9.59 Å². The Balaban J connectivity index is 4.11. The summed E-state index contributed by atoms with van der Waals surface area (Å²) >= 11 is 0. The van der Waals surface area contributed by atoms with Crippen LogP contribution in [0.5, 0.6) is 0 Å². The number of esters is 2. The summed E-state index contributed by atoms with van der Waals surface area (Å²) in [6.07, 6.45) is -5.28. The highest BCUT2D eigenvalue weighted by Crippen LogP contribution is 2.36. The molecule has 0 bridgehead atoms. The molecule has 0 aliphatic carbocycles. The average Bonchev–Trinajstić information content (AvgIpc) is 2.21. The van der Waals surface area contributed by atoms with E-state index < -0.39 is 37.3 Å². The summed E-state index contributed by atoms with van der Waals surface area (Å²) < 4.78 is 67.2. The lowest BCUT2D eigenvalue weighted by molar-refractivity contribution is -0.280. The molecule has 0 aromatic heterocycles. The first-order chi connectivity index (χ1) is 7.63. The SMILES string of the molecule is C=CC(=O)OCCOC(=O)C(F)(F)C(F)(F)F. The van der Waals surface area contributed by atoms with Gasteiger partial charge in [0.25, 0.3) is 0 Å². The third-order valence-corrected chi connectivity index (χ3v) is 1.34. The van der Waals surface area contributed by atoms with E-state index in [1.807, 2.05) is 0 Å². The maximum atomic E-state index is 12.3. The molecular weight excluding hydrogens is 255 g/mol. The van der Waals surface area contributed by atoms with Gasteiger partial charge in [0.05, 0.1) is 0 Å². The Morgan fingerprint density at radius 1 is 1.06 bits per heavy atom. The van der Waals surface area contributed by atoms with Crippen LogP contribution in [-0.2, 0) is 19.1 Å². The number of hydrogen-bond acceptors (Lipinski definition) is 4. The van der Waals surface area contributed by atoms with Crippen molar-refractivity contribution in [2.75, 3.05) is 13.2 Å². The van der Waals surface area contributed by atoms with Gasteiger partial charge in [-0.05, 0) is 0 Å². The molecule has 0 radical (unpaired) electrons. The molecule has 4 nitrogen and oxygen atoms in total. The van der Waals surface area contributed by atoms with Crippen LogP contribution < -0.4 is 0 Å². The lowest BCUT2D eigenvalue weighted by atomic mass is 10.3. The molecule has 0 rings (SSSR count).